The lowest BCUT2D eigenvalue weighted by atomic mass is 10.5. The number of hydrogen-bond donors (Lipinski definition) is 1. The summed E-state index contributed by atoms with van der Waals surface area (Å²) in [5, 5.41) is 8.67. The molecule has 0 bridgehead atoms. The summed E-state index contributed by atoms with van der Waals surface area (Å²) < 4.78 is 4.71. The third-order valence-corrected chi connectivity index (χ3v) is 0.831. The highest BCUT2D eigenvalue weighted by Crippen LogP contribution is 2.14. The SMILES string of the molecule is Cc1occc1O. The molecule has 0 aliphatic rings. The Kier molecular flexibility index (Phi) is 0.785. The second-order valence-corrected chi connectivity index (χ2v) is 1.36. The maximum atomic E-state index is 8.67. The summed E-state index contributed by atoms with van der Waals surface area (Å²) in [6, 6.07) is 1.51. The summed E-state index contributed by atoms with van der Waals surface area (Å²) >= 11 is 0. The van der Waals surface area contributed by atoms with Gasteiger partial charge in [0.15, 0.2) is 5.75 Å². The van der Waals surface area contributed by atoms with E-state index in [2.05, 4.69) is 0 Å². The lowest BCUT2D eigenvalue weighted by Crippen LogP contribution is -1.57. The van der Waals surface area contributed by atoms with Gasteiger partial charge < -0.3 is 9.52 Å². The summed E-state index contributed by atoms with van der Waals surface area (Å²) in [7, 11) is 0. The Morgan fingerprint density at radius 2 is 2.43 bits per heavy atom. The van der Waals surface area contributed by atoms with Crippen molar-refractivity contribution >= 4 is 0 Å². The molecule has 0 unspecified atom stereocenters. The lowest BCUT2D eigenvalue weighted by molar-refractivity contribution is 0.443. The van der Waals surface area contributed by atoms with Crippen LogP contribution in [0.5, 0.6) is 5.75 Å². The normalized spacial score (nSPS) is 9.29. The molecule has 7 heavy (non-hydrogen) atoms. The van der Waals surface area contributed by atoms with E-state index in [1.54, 1.807) is 6.92 Å². The molecule has 1 N–H and O–H groups in total. The Balaban J connectivity index is 3.12. The number of hydrogen-bond acceptors (Lipinski definition) is 2. The molecule has 0 aliphatic heterocycles. The van der Waals surface area contributed by atoms with Crippen molar-refractivity contribution in [3.05, 3.63) is 18.1 Å². The van der Waals surface area contributed by atoms with E-state index in [1.165, 1.54) is 12.3 Å². The number of furan rings is 1. The fraction of sp³-hybridized carbons (Fsp3) is 0.200. The third kappa shape index (κ3) is 0.585. The van der Waals surface area contributed by atoms with Crippen LogP contribution in [0, 0.1) is 6.92 Å². The Bertz CT molecular complexity index is 138. The van der Waals surface area contributed by atoms with Gasteiger partial charge in [0.2, 0.25) is 0 Å². The molecule has 0 atom stereocenters. The Morgan fingerprint density at radius 3 is 2.57 bits per heavy atom. The molecule has 0 saturated heterocycles. The first kappa shape index (κ1) is 4.24. The van der Waals surface area contributed by atoms with Crippen molar-refractivity contribution in [1.29, 1.82) is 0 Å². The lowest BCUT2D eigenvalue weighted by Gasteiger charge is -1.78. The maximum Gasteiger partial charge on any atom is 0.156 e. The Labute approximate surface area is 41.4 Å². The van der Waals surface area contributed by atoms with Crippen LogP contribution < -0.4 is 0 Å². The van der Waals surface area contributed by atoms with Gasteiger partial charge in [-0.2, -0.15) is 0 Å². The fourth-order valence-electron chi connectivity index (χ4n) is 0.378. The molecule has 0 fully saturated rings. The molecule has 2 heteroatoms. The average Bonchev–Trinajstić information content (AvgIpc) is 1.91. The molecule has 1 aromatic rings. The molecule has 0 aliphatic carbocycles. The molecule has 1 heterocycles. The molecule has 0 aromatic carbocycles. The third-order valence-electron chi connectivity index (χ3n) is 0.831. The minimum atomic E-state index is 0.222. The van der Waals surface area contributed by atoms with Crippen LogP contribution in [0.25, 0.3) is 0 Å². The van der Waals surface area contributed by atoms with Crippen LogP contribution in [0.15, 0.2) is 16.7 Å². The van der Waals surface area contributed by atoms with E-state index in [0.29, 0.717) is 5.76 Å². The van der Waals surface area contributed by atoms with Gasteiger partial charge in [-0.05, 0) is 6.92 Å². The first-order chi connectivity index (χ1) is 3.30. The zero-order valence-electron chi connectivity index (χ0n) is 4.01. The van der Waals surface area contributed by atoms with Gasteiger partial charge in [-0.1, -0.05) is 0 Å². The van der Waals surface area contributed by atoms with E-state index in [4.69, 9.17) is 9.52 Å². The zero-order chi connectivity index (χ0) is 5.28. The molecule has 1 aromatic heterocycles. The maximum absolute atomic E-state index is 8.67. The van der Waals surface area contributed by atoms with Gasteiger partial charge in [-0.15, -0.1) is 0 Å². The molecule has 2 nitrogen and oxygen atoms in total. The molecular weight excluding hydrogens is 92.1 g/mol. The molecule has 0 spiro atoms. The number of aryl methyl sites for hydroxylation is 1. The van der Waals surface area contributed by atoms with E-state index < -0.39 is 0 Å². The van der Waals surface area contributed by atoms with Crippen molar-refractivity contribution < 1.29 is 9.52 Å². The molecular formula is C5H6O2. The molecule has 0 amide bonds. The fourth-order valence-corrected chi connectivity index (χ4v) is 0.378. The zero-order valence-corrected chi connectivity index (χ0v) is 4.01. The van der Waals surface area contributed by atoms with E-state index in [0.717, 1.165) is 0 Å². The highest BCUT2D eigenvalue weighted by atomic mass is 16.4. The van der Waals surface area contributed by atoms with Gasteiger partial charge >= 0.3 is 0 Å². The van der Waals surface area contributed by atoms with E-state index in [9.17, 15) is 0 Å². The highest BCUT2D eigenvalue weighted by Gasteiger charge is 1.92. The smallest absolute Gasteiger partial charge is 0.156 e. The van der Waals surface area contributed by atoms with Crippen molar-refractivity contribution in [2.24, 2.45) is 0 Å². The first-order valence-electron chi connectivity index (χ1n) is 2.04. The Morgan fingerprint density at radius 1 is 1.71 bits per heavy atom. The van der Waals surface area contributed by atoms with Crippen molar-refractivity contribution in [2.75, 3.05) is 0 Å². The summed E-state index contributed by atoms with van der Waals surface area (Å²) in [5.74, 6) is 0.792. The van der Waals surface area contributed by atoms with Gasteiger partial charge in [0.05, 0.1) is 6.26 Å². The van der Waals surface area contributed by atoms with Crippen LogP contribution in [0.1, 0.15) is 5.76 Å². The summed E-state index contributed by atoms with van der Waals surface area (Å²) in [5.41, 5.74) is 0. The summed E-state index contributed by atoms with van der Waals surface area (Å²) in [4.78, 5) is 0. The standard InChI is InChI=1S/C5H6O2/c1-4-5(6)2-3-7-4/h2-3,6H,1H3. The predicted octanol–water partition coefficient (Wildman–Crippen LogP) is 1.29. The van der Waals surface area contributed by atoms with Crippen LogP contribution in [0.3, 0.4) is 0 Å². The van der Waals surface area contributed by atoms with Crippen molar-refractivity contribution in [3.63, 3.8) is 0 Å². The van der Waals surface area contributed by atoms with E-state index >= 15 is 0 Å². The van der Waals surface area contributed by atoms with Crippen LogP contribution in [0.4, 0.5) is 0 Å². The van der Waals surface area contributed by atoms with E-state index in [-0.39, 0.29) is 5.75 Å². The van der Waals surface area contributed by atoms with Gasteiger partial charge in [-0.25, -0.2) is 0 Å². The van der Waals surface area contributed by atoms with Gasteiger partial charge in [0.25, 0.3) is 0 Å². The number of rotatable bonds is 0. The van der Waals surface area contributed by atoms with Gasteiger partial charge in [0.1, 0.15) is 5.76 Å². The van der Waals surface area contributed by atoms with Crippen molar-refractivity contribution in [3.8, 4) is 5.75 Å². The average molecular weight is 98.1 g/mol. The number of aromatic hydroxyl groups is 1. The summed E-state index contributed by atoms with van der Waals surface area (Å²) in [6.07, 6.45) is 1.45. The van der Waals surface area contributed by atoms with Gasteiger partial charge in [0, 0.05) is 6.07 Å². The molecule has 0 saturated carbocycles. The van der Waals surface area contributed by atoms with E-state index in [1.807, 2.05) is 0 Å². The van der Waals surface area contributed by atoms with Crippen LogP contribution >= 0.6 is 0 Å². The van der Waals surface area contributed by atoms with Crippen molar-refractivity contribution in [1.82, 2.24) is 0 Å². The quantitative estimate of drug-likeness (QED) is 0.530. The predicted molar refractivity (Wildman–Crippen MR) is 25.1 cm³/mol. The van der Waals surface area contributed by atoms with Gasteiger partial charge in [-0.3, -0.25) is 0 Å². The van der Waals surface area contributed by atoms with Crippen LogP contribution in [-0.4, -0.2) is 5.11 Å². The second kappa shape index (κ2) is 1.30. The van der Waals surface area contributed by atoms with Crippen LogP contribution in [0.2, 0.25) is 0 Å². The largest absolute Gasteiger partial charge is 0.504 e. The topological polar surface area (TPSA) is 33.4 Å². The highest BCUT2D eigenvalue weighted by molar-refractivity contribution is 5.20. The minimum Gasteiger partial charge on any atom is -0.504 e. The molecule has 38 valence electrons. The monoisotopic (exact) mass is 98.0 g/mol. The molecule has 1 rings (SSSR count). The van der Waals surface area contributed by atoms with Crippen molar-refractivity contribution in [2.45, 2.75) is 6.92 Å². The second-order valence-electron chi connectivity index (χ2n) is 1.36. The first-order valence-corrected chi connectivity index (χ1v) is 2.04. The summed E-state index contributed by atoms with van der Waals surface area (Å²) in [6.45, 7) is 1.70. The Hall–Kier alpha value is -0.920. The molecule has 0 radical (unpaired) electrons. The minimum absolute atomic E-state index is 0.222. The van der Waals surface area contributed by atoms with Crippen LogP contribution in [-0.2, 0) is 0 Å².